The first-order valence-electron chi connectivity index (χ1n) is 9.26. The number of aromatic hydroxyl groups is 1. The quantitative estimate of drug-likeness (QED) is 0.534. The van der Waals surface area contributed by atoms with Crippen molar-refractivity contribution in [3.8, 4) is 17.1 Å². The van der Waals surface area contributed by atoms with Gasteiger partial charge in [-0.25, -0.2) is 4.98 Å². The minimum atomic E-state index is 0.179. The van der Waals surface area contributed by atoms with Gasteiger partial charge in [-0.15, -0.1) is 0 Å². The van der Waals surface area contributed by atoms with Crippen LogP contribution in [0.2, 0.25) is 0 Å². The number of pyridine rings is 1. The molecule has 0 aliphatic carbocycles. The van der Waals surface area contributed by atoms with Gasteiger partial charge in [0.25, 0.3) is 0 Å². The Morgan fingerprint density at radius 2 is 1.62 bits per heavy atom. The standard InChI is InChI=1S/C22H21N3O/c26-22-21(16-9-3-5-11-18(16)24-22)19-14-20(25-12-6-1-7-13-25)15-8-2-4-10-17(15)23-19/h2-5,8-11,14,24,26H,1,6-7,12-13H2. The third-order valence-electron chi connectivity index (χ3n) is 5.33. The fraction of sp³-hybridized carbons (Fsp3) is 0.227. The molecule has 2 aromatic carbocycles. The first kappa shape index (κ1) is 15.3. The Hall–Kier alpha value is -3.01. The minimum Gasteiger partial charge on any atom is -0.494 e. The Kier molecular flexibility index (Phi) is 3.56. The number of benzene rings is 2. The lowest BCUT2D eigenvalue weighted by Crippen LogP contribution is -2.29. The highest BCUT2D eigenvalue weighted by atomic mass is 16.3. The maximum atomic E-state index is 10.6. The lowest BCUT2D eigenvalue weighted by molar-refractivity contribution is 0.460. The van der Waals surface area contributed by atoms with Crippen LogP contribution in [-0.2, 0) is 0 Å². The van der Waals surface area contributed by atoms with E-state index in [1.165, 1.54) is 30.3 Å². The third-order valence-corrected chi connectivity index (χ3v) is 5.33. The molecule has 0 saturated carbocycles. The molecule has 1 aliphatic rings. The molecule has 1 fully saturated rings. The van der Waals surface area contributed by atoms with E-state index in [2.05, 4.69) is 34.1 Å². The maximum absolute atomic E-state index is 10.6. The van der Waals surface area contributed by atoms with E-state index in [4.69, 9.17) is 4.98 Å². The molecule has 3 heterocycles. The van der Waals surface area contributed by atoms with Gasteiger partial charge in [0.15, 0.2) is 5.88 Å². The van der Waals surface area contributed by atoms with Gasteiger partial charge in [0.1, 0.15) is 0 Å². The minimum absolute atomic E-state index is 0.179. The van der Waals surface area contributed by atoms with Crippen molar-refractivity contribution >= 4 is 27.5 Å². The molecule has 0 unspecified atom stereocenters. The monoisotopic (exact) mass is 343 g/mol. The predicted molar refractivity (Wildman–Crippen MR) is 107 cm³/mol. The summed E-state index contributed by atoms with van der Waals surface area (Å²) in [7, 11) is 0. The summed E-state index contributed by atoms with van der Waals surface area (Å²) in [5.74, 6) is 0.179. The Balaban J connectivity index is 1.77. The summed E-state index contributed by atoms with van der Waals surface area (Å²) in [6, 6.07) is 18.4. The summed E-state index contributed by atoms with van der Waals surface area (Å²) in [5, 5.41) is 12.7. The molecule has 2 N–H and O–H groups in total. The number of H-pyrrole nitrogens is 1. The third kappa shape index (κ3) is 2.41. The Bertz CT molecular complexity index is 1090. The molecule has 0 atom stereocenters. The van der Waals surface area contributed by atoms with E-state index in [1.807, 2.05) is 30.3 Å². The van der Waals surface area contributed by atoms with Gasteiger partial charge < -0.3 is 15.0 Å². The van der Waals surface area contributed by atoms with E-state index in [0.717, 1.165) is 40.8 Å². The molecule has 26 heavy (non-hydrogen) atoms. The molecule has 4 heteroatoms. The molecule has 0 bridgehead atoms. The smallest absolute Gasteiger partial charge is 0.199 e. The molecular weight excluding hydrogens is 322 g/mol. The molecule has 5 rings (SSSR count). The zero-order chi connectivity index (χ0) is 17.5. The van der Waals surface area contributed by atoms with E-state index in [-0.39, 0.29) is 5.88 Å². The van der Waals surface area contributed by atoms with Crippen molar-refractivity contribution in [1.82, 2.24) is 9.97 Å². The summed E-state index contributed by atoms with van der Waals surface area (Å²) in [4.78, 5) is 10.4. The van der Waals surface area contributed by atoms with Crippen LogP contribution in [0.15, 0.2) is 54.6 Å². The van der Waals surface area contributed by atoms with Crippen LogP contribution in [0.3, 0.4) is 0 Å². The second kappa shape index (κ2) is 6.06. The fourth-order valence-electron chi connectivity index (χ4n) is 4.07. The van der Waals surface area contributed by atoms with Gasteiger partial charge in [-0.3, -0.25) is 0 Å². The van der Waals surface area contributed by atoms with Crippen LogP contribution in [0.1, 0.15) is 19.3 Å². The van der Waals surface area contributed by atoms with Crippen LogP contribution in [0.25, 0.3) is 33.1 Å². The number of piperidine rings is 1. The molecule has 1 saturated heterocycles. The number of anilines is 1. The fourth-order valence-corrected chi connectivity index (χ4v) is 4.07. The van der Waals surface area contributed by atoms with E-state index < -0.39 is 0 Å². The van der Waals surface area contributed by atoms with Crippen LogP contribution < -0.4 is 4.90 Å². The van der Waals surface area contributed by atoms with E-state index in [1.54, 1.807) is 0 Å². The number of para-hydroxylation sites is 2. The summed E-state index contributed by atoms with van der Waals surface area (Å²) in [5.41, 5.74) is 4.71. The molecule has 2 aromatic heterocycles. The second-order valence-electron chi connectivity index (χ2n) is 6.99. The number of rotatable bonds is 2. The highest BCUT2D eigenvalue weighted by Crippen LogP contribution is 2.39. The van der Waals surface area contributed by atoms with Crippen LogP contribution in [0.4, 0.5) is 5.69 Å². The van der Waals surface area contributed by atoms with Crippen molar-refractivity contribution in [3.63, 3.8) is 0 Å². The van der Waals surface area contributed by atoms with Crippen LogP contribution in [-0.4, -0.2) is 28.2 Å². The summed E-state index contributed by atoms with van der Waals surface area (Å²) in [6.45, 7) is 2.15. The van der Waals surface area contributed by atoms with Gasteiger partial charge in [0.05, 0.1) is 16.8 Å². The number of nitrogens with zero attached hydrogens (tertiary/aromatic N) is 2. The van der Waals surface area contributed by atoms with E-state index in [0.29, 0.717) is 0 Å². The largest absolute Gasteiger partial charge is 0.494 e. The number of hydrogen-bond acceptors (Lipinski definition) is 3. The zero-order valence-corrected chi connectivity index (χ0v) is 14.6. The molecule has 4 nitrogen and oxygen atoms in total. The van der Waals surface area contributed by atoms with Gasteiger partial charge in [-0.1, -0.05) is 36.4 Å². The predicted octanol–water partition coefficient (Wildman–Crippen LogP) is 5.08. The molecule has 130 valence electrons. The first-order chi connectivity index (χ1) is 12.8. The van der Waals surface area contributed by atoms with Crippen LogP contribution in [0, 0.1) is 0 Å². The normalized spacial score (nSPS) is 15.0. The van der Waals surface area contributed by atoms with Gasteiger partial charge >= 0.3 is 0 Å². The van der Waals surface area contributed by atoms with Gasteiger partial charge in [-0.2, -0.15) is 0 Å². The molecule has 1 aliphatic heterocycles. The molecular formula is C22H21N3O. The zero-order valence-electron chi connectivity index (χ0n) is 14.6. The number of aromatic amines is 1. The Labute approximate surface area is 152 Å². The van der Waals surface area contributed by atoms with Gasteiger partial charge in [0.2, 0.25) is 0 Å². The van der Waals surface area contributed by atoms with E-state index in [9.17, 15) is 5.11 Å². The Morgan fingerprint density at radius 1 is 0.885 bits per heavy atom. The Morgan fingerprint density at radius 3 is 2.46 bits per heavy atom. The van der Waals surface area contributed by atoms with Crippen molar-refractivity contribution in [2.45, 2.75) is 19.3 Å². The van der Waals surface area contributed by atoms with Crippen molar-refractivity contribution in [2.75, 3.05) is 18.0 Å². The van der Waals surface area contributed by atoms with Gasteiger partial charge in [0, 0.05) is 35.1 Å². The van der Waals surface area contributed by atoms with Crippen LogP contribution >= 0.6 is 0 Å². The lowest BCUT2D eigenvalue weighted by atomic mass is 10.0. The van der Waals surface area contributed by atoms with Crippen molar-refractivity contribution in [3.05, 3.63) is 54.6 Å². The summed E-state index contributed by atoms with van der Waals surface area (Å²) >= 11 is 0. The highest BCUT2D eigenvalue weighted by molar-refractivity contribution is 6.01. The number of fused-ring (bicyclic) bond motifs is 2. The topological polar surface area (TPSA) is 52.1 Å². The molecule has 0 amide bonds. The number of nitrogens with one attached hydrogen (secondary N) is 1. The molecule has 0 spiro atoms. The summed E-state index contributed by atoms with van der Waals surface area (Å²) < 4.78 is 0. The molecule has 4 aromatic rings. The average molecular weight is 343 g/mol. The van der Waals surface area contributed by atoms with E-state index >= 15 is 0 Å². The average Bonchev–Trinajstić information content (AvgIpc) is 3.03. The van der Waals surface area contributed by atoms with Crippen molar-refractivity contribution < 1.29 is 5.11 Å². The molecule has 0 radical (unpaired) electrons. The van der Waals surface area contributed by atoms with Crippen LogP contribution in [0.5, 0.6) is 5.88 Å². The SMILES string of the molecule is Oc1[nH]c2ccccc2c1-c1cc(N2CCCCC2)c2ccccc2n1. The maximum Gasteiger partial charge on any atom is 0.199 e. The second-order valence-corrected chi connectivity index (χ2v) is 6.99. The van der Waals surface area contributed by atoms with Gasteiger partial charge in [-0.05, 0) is 37.5 Å². The van der Waals surface area contributed by atoms with Crippen molar-refractivity contribution in [1.29, 1.82) is 0 Å². The lowest BCUT2D eigenvalue weighted by Gasteiger charge is -2.30. The number of aromatic nitrogens is 2. The highest BCUT2D eigenvalue weighted by Gasteiger charge is 2.19. The first-order valence-corrected chi connectivity index (χ1v) is 9.26. The van der Waals surface area contributed by atoms with Crippen molar-refractivity contribution in [2.24, 2.45) is 0 Å². The summed E-state index contributed by atoms with van der Waals surface area (Å²) in [6.07, 6.45) is 3.75. The number of hydrogen-bond donors (Lipinski definition) is 2.